The molecular formula is C28H48N2O3. The van der Waals surface area contributed by atoms with Crippen LogP contribution >= 0.6 is 0 Å². The maximum absolute atomic E-state index is 12.5. The first-order valence-electron chi connectivity index (χ1n) is 13.4. The van der Waals surface area contributed by atoms with E-state index in [-0.39, 0.29) is 17.2 Å². The Hall–Kier alpha value is -0.910. The Morgan fingerprint density at radius 2 is 1.67 bits per heavy atom. The number of hydrogen-bond donors (Lipinski definition) is 3. The van der Waals surface area contributed by atoms with Gasteiger partial charge in [0.15, 0.2) is 0 Å². The monoisotopic (exact) mass is 460 g/mol. The number of hydrogen-bond acceptors (Lipinski definition) is 4. The molecule has 0 aromatic carbocycles. The summed E-state index contributed by atoms with van der Waals surface area (Å²) in [5.41, 5.74) is 0.965. The maximum atomic E-state index is 12.5. The van der Waals surface area contributed by atoms with E-state index in [1.54, 1.807) is 13.0 Å². The fourth-order valence-electron chi connectivity index (χ4n) is 9.18. The number of carbonyl (C=O) groups excluding carboxylic acids is 1. The summed E-state index contributed by atoms with van der Waals surface area (Å²) in [6.45, 7) is 10.9. The molecule has 4 aliphatic rings. The lowest BCUT2D eigenvalue weighted by atomic mass is 9.43. The number of allylic oxidation sites excluding steroid dienone is 1. The lowest BCUT2D eigenvalue weighted by Crippen LogP contribution is -2.65. The molecule has 0 bridgehead atoms. The van der Waals surface area contributed by atoms with Gasteiger partial charge in [-0.15, -0.1) is 0 Å². The first-order valence-corrected chi connectivity index (χ1v) is 13.4. The average Bonchev–Trinajstić information content (AvgIpc) is 3.12. The van der Waals surface area contributed by atoms with Gasteiger partial charge in [0.2, 0.25) is 5.91 Å². The summed E-state index contributed by atoms with van der Waals surface area (Å²) in [6.07, 6.45) is 8.36. The molecular weight excluding hydrogens is 412 g/mol. The fourth-order valence-corrected chi connectivity index (χ4v) is 9.18. The lowest BCUT2D eigenvalue weighted by Gasteiger charge is -2.63. The fraction of sp³-hybridized carbons (Fsp3) is 0.893. The van der Waals surface area contributed by atoms with Gasteiger partial charge in [-0.05, 0) is 120 Å². The summed E-state index contributed by atoms with van der Waals surface area (Å²) >= 11 is 0. The summed E-state index contributed by atoms with van der Waals surface area (Å²) in [6, 6.07) is 0.0273. The average molecular weight is 461 g/mol. The van der Waals surface area contributed by atoms with E-state index >= 15 is 0 Å². The van der Waals surface area contributed by atoms with E-state index < -0.39 is 18.2 Å². The number of carbonyl (C=O) groups is 1. The van der Waals surface area contributed by atoms with Crippen molar-refractivity contribution in [3.05, 3.63) is 11.6 Å². The van der Waals surface area contributed by atoms with E-state index in [0.29, 0.717) is 35.3 Å². The highest BCUT2D eigenvalue weighted by atomic mass is 16.3. The van der Waals surface area contributed by atoms with Gasteiger partial charge in [-0.2, -0.15) is 0 Å². The molecule has 4 rings (SSSR count). The van der Waals surface area contributed by atoms with Crippen molar-refractivity contribution in [2.24, 2.45) is 40.4 Å². The van der Waals surface area contributed by atoms with Gasteiger partial charge in [0, 0.05) is 11.6 Å². The molecule has 5 heteroatoms. The Morgan fingerprint density at radius 3 is 2.30 bits per heavy atom. The molecule has 0 radical (unpaired) electrons. The molecule has 4 aliphatic carbocycles. The number of aliphatic hydroxyl groups excluding tert-OH is 2. The molecule has 0 aliphatic heterocycles. The third-order valence-corrected chi connectivity index (χ3v) is 11.3. The van der Waals surface area contributed by atoms with E-state index in [9.17, 15) is 15.0 Å². The Morgan fingerprint density at radius 1 is 1.03 bits per heavy atom. The molecule has 0 aromatic heterocycles. The van der Waals surface area contributed by atoms with Gasteiger partial charge in [-0.3, -0.25) is 4.79 Å². The summed E-state index contributed by atoms with van der Waals surface area (Å²) in [4.78, 5) is 14.9. The van der Waals surface area contributed by atoms with Crippen LogP contribution in [0.1, 0.15) is 79.6 Å². The Kier molecular flexibility index (Phi) is 6.83. The molecule has 0 spiro atoms. The Bertz CT molecular complexity index is 781. The largest absolute Gasteiger partial charge is 0.391 e. The zero-order valence-corrected chi connectivity index (χ0v) is 22.0. The van der Waals surface area contributed by atoms with Crippen LogP contribution in [0.3, 0.4) is 0 Å². The molecule has 5 nitrogen and oxygen atoms in total. The molecule has 1 amide bonds. The highest BCUT2D eigenvalue weighted by molar-refractivity contribution is 5.92. The van der Waals surface area contributed by atoms with Crippen molar-refractivity contribution in [3.8, 4) is 0 Å². The molecule has 4 saturated carbocycles. The van der Waals surface area contributed by atoms with Gasteiger partial charge in [-0.1, -0.05) is 19.9 Å². The predicted octanol–water partition coefficient (Wildman–Crippen LogP) is 3.99. The zero-order valence-electron chi connectivity index (χ0n) is 22.0. The number of nitrogens with one attached hydrogen (secondary N) is 1. The second kappa shape index (κ2) is 8.95. The zero-order chi connectivity index (χ0) is 24.3. The lowest BCUT2D eigenvalue weighted by molar-refractivity contribution is -0.180. The van der Waals surface area contributed by atoms with E-state index in [2.05, 4.69) is 45.1 Å². The summed E-state index contributed by atoms with van der Waals surface area (Å²) < 4.78 is 0. The van der Waals surface area contributed by atoms with Crippen molar-refractivity contribution < 1.29 is 15.0 Å². The van der Waals surface area contributed by atoms with Crippen LogP contribution in [0.5, 0.6) is 0 Å². The number of nitrogens with zero attached hydrogens (tertiary/aromatic N) is 1. The van der Waals surface area contributed by atoms with Crippen LogP contribution in [0.25, 0.3) is 0 Å². The second-order valence-electron chi connectivity index (χ2n) is 12.7. The van der Waals surface area contributed by atoms with Gasteiger partial charge >= 0.3 is 0 Å². The van der Waals surface area contributed by atoms with Crippen molar-refractivity contribution in [1.29, 1.82) is 0 Å². The van der Waals surface area contributed by atoms with Crippen LogP contribution in [0, 0.1) is 40.4 Å². The number of fused-ring (bicyclic) bond motifs is 5. The van der Waals surface area contributed by atoms with Gasteiger partial charge in [0.1, 0.15) is 0 Å². The molecule has 4 fully saturated rings. The Balaban J connectivity index is 1.55. The minimum absolute atomic E-state index is 0.0643. The number of amides is 1. The molecule has 33 heavy (non-hydrogen) atoms. The third kappa shape index (κ3) is 3.90. The summed E-state index contributed by atoms with van der Waals surface area (Å²) in [5, 5.41) is 25.5. The predicted molar refractivity (Wildman–Crippen MR) is 133 cm³/mol. The van der Waals surface area contributed by atoms with Crippen LogP contribution in [-0.2, 0) is 4.79 Å². The quantitative estimate of drug-likeness (QED) is 0.555. The molecule has 3 N–H and O–H groups in total. The summed E-state index contributed by atoms with van der Waals surface area (Å²) in [7, 11) is 4.44. The molecule has 188 valence electrons. The molecule has 0 aromatic rings. The van der Waals surface area contributed by atoms with Crippen LogP contribution in [-0.4, -0.2) is 59.4 Å². The standard InChI is InChI=1S/C28H48N2O3/c1-8-16(2)26(33)29-24-23(31)15-28(5)21-13-14-27(4)19(17(3)30(6)7)11-12-20(27)18(21)9-10-22(28)25(24)32/h8,17-25,31-32H,9-15H2,1-7H3,(H,29,33). The second-order valence-corrected chi connectivity index (χ2v) is 12.7. The first-order chi connectivity index (χ1) is 15.5. The van der Waals surface area contributed by atoms with Crippen molar-refractivity contribution in [2.45, 2.75) is 104 Å². The van der Waals surface area contributed by atoms with Crippen LogP contribution in [0.15, 0.2) is 11.6 Å². The third-order valence-electron chi connectivity index (χ3n) is 11.3. The topological polar surface area (TPSA) is 72.8 Å². The van der Waals surface area contributed by atoms with Gasteiger partial charge in [0.05, 0.1) is 18.2 Å². The van der Waals surface area contributed by atoms with E-state index in [0.717, 1.165) is 18.3 Å². The summed E-state index contributed by atoms with van der Waals surface area (Å²) in [5.74, 6) is 2.71. The van der Waals surface area contributed by atoms with E-state index in [4.69, 9.17) is 0 Å². The van der Waals surface area contributed by atoms with Gasteiger partial charge in [0.25, 0.3) is 0 Å². The maximum Gasteiger partial charge on any atom is 0.246 e. The Labute approximate surface area is 201 Å². The SMILES string of the molecule is CC=C(C)C(=O)NC1C(O)CC2(C)C(CCC3C2CCC2(C)C3CCC2C(C)N(C)C)C1O. The molecule has 0 heterocycles. The normalized spacial score (nSPS) is 48.6. The van der Waals surface area contributed by atoms with Gasteiger partial charge in [-0.25, -0.2) is 0 Å². The van der Waals surface area contributed by atoms with Crippen molar-refractivity contribution in [1.82, 2.24) is 10.2 Å². The van der Waals surface area contributed by atoms with Gasteiger partial charge < -0.3 is 20.4 Å². The van der Waals surface area contributed by atoms with E-state index in [1.165, 1.54) is 32.1 Å². The highest BCUT2D eigenvalue weighted by Crippen LogP contribution is 2.67. The van der Waals surface area contributed by atoms with E-state index in [1.807, 2.05) is 6.92 Å². The minimum Gasteiger partial charge on any atom is -0.391 e. The molecule has 0 saturated heterocycles. The van der Waals surface area contributed by atoms with Crippen LogP contribution in [0.2, 0.25) is 0 Å². The van der Waals surface area contributed by atoms with Crippen LogP contribution in [0.4, 0.5) is 0 Å². The number of rotatable bonds is 4. The highest BCUT2D eigenvalue weighted by Gasteiger charge is 2.63. The van der Waals surface area contributed by atoms with Crippen molar-refractivity contribution >= 4 is 5.91 Å². The van der Waals surface area contributed by atoms with Crippen molar-refractivity contribution in [2.75, 3.05) is 14.1 Å². The molecule has 11 atom stereocenters. The minimum atomic E-state index is -0.702. The first kappa shape index (κ1) is 25.2. The van der Waals surface area contributed by atoms with Crippen LogP contribution < -0.4 is 5.32 Å². The molecule has 11 unspecified atom stereocenters. The smallest absolute Gasteiger partial charge is 0.246 e. The van der Waals surface area contributed by atoms with Crippen molar-refractivity contribution in [3.63, 3.8) is 0 Å². The number of aliphatic hydroxyl groups is 2.